The second kappa shape index (κ2) is 10.6. The number of nitrogens with zero attached hydrogens (tertiary/aromatic N) is 5. The molecular weight excluding hydrogens is 486 g/mol. The molecule has 0 unspecified atom stereocenters. The van der Waals surface area contributed by atoms with Gasteiger partial charge in [-0.05, 0) is 75.1 Å². The van der Waals surface area contributed by atoms with Crippen molar-refractivity contribution in [3.63, 3.8) is 0 Å². The molecule has 206 valence electrons. The summed E-state index contributed by atoms with van der Waals surface area (Å²) in [5, 5.41) is 2.69. The van der Waals surface area contributed by atoms with E-state index in [1.165, 1.54) is 66.4 Å². The van der Waals surface area contributed by atoms with E-state index in [-0.39, 0.29) is 5.54 Å². The molecule has 0 spiro atoms. The Morgan fingerprint density at radius 2 is 1.74 bits per heavy atom. The molecule has 3 saturated heterocycles. The summed E-state index contributed by atoms with van der Waals surface area (Å²) in [6, 6.07) is 13.9. The Hall–Kier alpha value is -2.90. The molecule has 2 aromatic carbocycles. The third-order valence-electron chi connectivity index (χ3n) is 9.52. The van der Waals surface area contributed by atoms with Gasteiger partial charge in [-0.1, -0.05) is 37.3 Å². The van der Waals surface area contributed by atoms with E-state index in [2.05, 4.69) is 58.0 Å². The molecule has 0 bridgehead atoms. The van der Waals surface area contributed by atoms with Gasteiger partial charge >= 0.3 is 6.01 Å². The van der Waals surface area contributed by atoms with Crippen LogP contribution in [-0.2, 0) is 24.1 Å². The topological polar surface area (TPSA) is 54.0 Å². The van der Waals surface area contributed by atoms with Crippen LogP contribution in [0, 0.1) is 0 Å². The van der Waals surface area contributed by atoms with Gasteiger partial charge in [0, 0.05) is 42.9 Å². The Bertz CT molecular complexity index is 1320. The zero-order valence-electron chi connectivity index (χ0n) is 23.3. The van der Waals surface area contributed by atoms with E-state index >= 15 is 0 Å². The number of aromatic nitrogens is 2. The Kier molecular flexibility index (Phi) is 6.81. The van der Waals surface area contributed by atoms with Crippen molar-refractivity contribution in [3.05, 3.63) is 53.2 Å². The zero-order valence-corrected chi connectivity index (χ0v) is 23.3. The van der Waals surface area contributed by atoms with Crippen LogP contribution in [0.25, 0.3) is 10.8 Å². The normalized spacial score (nSPS) is 21.2. The molecule has 0 saturated carbocycles. The van der Waals surface area contributed by atoms with E-state index < -0.39 is 0 Å². The van der Waals surface area contributed by atoms with Crippen molar-refractivity contribution < 1.29 is 9.47 Å². The maximum Gasteiger partial charge on any atom is 0.318 e. The summed E-state index contributed by atoms with van der Waals surface area (Å²) < 4.78 is 12.3. The number of fused-ring (bicyclic) bond motifs is 3. The first-order valence-corrected chi connectivity index (χ1v) is 15.1. The van der Waals surface area contributed by atoms with Gasteiger partial charge < -0.3 is 19.3 Å². The Morgan fingerprint density at radius 3 is 2.59 bits per heavy atom. The van der Waals surface area contributed by atoms with Gasteiger partial charge in [0.15, 0.2) is 0 Å². The maximum absolute atomic E-state index is 6.53. The molecule has 7 rings (SSSR count). The van der Waals surface area contributed by atoms with Gasteiger partial charge in [0.25, 0.3) is 0 Å². The number of benzene rings is 2. The lowest BCUT2D eigenvalue weighted by Crippen LogP contribution is -2.43. The molecule has 0 radical (unpaired) electrons. The van der Waals surface area contributed by atoms with Gasteiger partial charge in [-0.2, -0.15) is 9.97 Å². The number of ether oxygens (including phenoxy) is 2. The van der Waals surface area contributed by atoms with Crippen LogP contribution >= 0.6 is 0 Å². The van der Waals surface area contributed by atoms with E-state index in [9.17, 15) is 0 Å². The largest absolute Gasteiger partial charge is 0.461 e. The van der Waals surface area contributed by atoms with Crippen LogP contribution in [0.2, 0.25) is 0 Å². The second-order valence-corrected chi connectivity index (χ2v) is 11.7. The number of hydrogen-bond acceptors (Lipinski definition) is 7. The lowest BCUT2D eigenvalue weighted by molar-refractivity contribution is 0.107. The van der Waals surface area contributed by atoms with E-state index in [1.807, 2.05) is 0 Å². The standard InChI is InChI=1S/C32H41N5O2/c1-2-24-8-3-9-25-10-4-11-28(29(24)25)36-18-12-26-27(22-36)33-31(34-30(26)35-15-7-20-38-21-19-35)39-23-32-13-5-16-37(32)17-6-14-32/h3-4,8-11H,2,5-7,12-23H2,1H3. The molecule has 4 aliphatic rings. The molecule has 0 aliphatic carbocycles. The summed E-state index contributed by atoms with van der Waals surface area (Å²) in [5.74, 6) is 1.07. The third-order valence-corrected chi connectivity index (χ3v) is 9.52. The highest BCUT2D eigenvalue weighted by Gasteiger charge is 2.45. The quantitative estimate of drug-likeness (QED) is 0.448. The van der Waals surface area contributed by atoms with Crippen LogP contribution in [0.5, 0.6) is 6.01 Å². The van der Waals surface area contributed by atoms with Gasteiger partial charge in [-0.15, -0.1) is 0 Å². The first-order valence-electron chi connectivity index (χ1n) is 15.1. The summed E-state index contributed by atoms with van der Waals surface area (Å²) in [7, 11) is 0. The smallest absolute Gasteiger partial charge is 0.318 e. The Balaban J connectivity index is 1.23. The van der Waals surface area contributed by atoms with Crippen LogP contribution in [0.4, 0.5) is 11.5 Å². The molecule has 3 fully saturated rings. The van der Waals surface area contributed by atoms with Crippen LogP contribution in [0.3, 0.4) is 0 Å². The molecule has 0 amide bonds. The predicted molar refractivity (Wildman–Crippen MR) is 156 cm³/mol. The van der Waals surface area contributed by atoms with Crippen LogP contribution in [0.1, 0.15) is 55.8 Å². The van der Waals surface area contributed by atoms with Gasteiger partial charge in [-0.25, -0.2) is 0 Å². The average molecular weight is 528 g/mol. The van der Waals surface area contributed by atoms with Gasteiger partial charge in [0.1, 0.15) is 12.4 Å². The fourth-order valence-electron chi connectivity index (χ4n) is 7.49. The molecule has 0 N–H and O–H groups in total. The number of rotatable bonds is 6. The van der Waals surface area contributed by atoms with E-state index in [0.717, 1.165) is 70.2 Å². The maximum atomic E-state index is 6.53. The summed E-state index contributed by atoms with van der Waals surface area (Å²) >= 11 is 0. The first-order chi connectivity index (χ1) is 19.2. The van der Waals surface area contributed by atoms with Crippen molar-refractivity contribution in [2.75, 3.05) is 62.3 Å². The molecule has 4 aliphatic heterocycles. The number of hydrogen-bond donors (Lipinski definition) is 0. The molecule has 7 nitrogen and oxygen atoms in total. The molecule has 1 aromatic heterocycles. The van der Waals surface area contributed by atoms with Gasteiger partial charge in [-0.3, -0.25) is 4.90 Å². The van der Waals surface area contributed by atoms with Crippen molar-refractivity contribution in [2.24, 2.45) is 0 Å². The van der Waals surface area contributed by atoms with Crippen molar-refractivity contribution in [1.29, 1.82) is 0 Å². The fraction of sp³-hybridized carbons (Fsp3) is 0.562. The Labute approximate surface area is 232 Å². The third kappa shape index (κ3) is 4.63. The highest BCUT2D eigenvalue weighted by Crippen LogP contribution is 2.40. The van der Waals surface area contributed by atoms with Crippen LogP contribution in [0.15, 0.2) is 36.4 Å². The average Bonchev–Trinajstić information content (AvgIpc) is 3.44. The van der Waals surface area contributed by atoms with Crippen LogP contribution < -0.4 is 14.5 Å². The van der Waals surface area contributed by atoms with E-state index in [0.29, 0.717) is 12.6 Å². The van der Waals surface area contributed by atoms with Crippen molar-refractivity contribution in [1.82, 2.24) is 14.9 Å². The minimum Gasteiger partial charge on any atom is -0.461 e. The second-order valence-electron chi connectivity index (χ2n) is 11.7. The molecule has 5 heterocycles. The molecule has 39 heavy (non-hydrogen) atoms. The van der Waals surface area contributed by atoms with E-state index in [4.69, 9.17) is 19.4 Å². The van der Waals surface area contributed by atoms with Crippen molar-refractivity contribution in [3.8, 4) is 6.01 Å². The number of aryl methyl sites for hydroxylation is 1. The summed E-state index contributed by atoms with van der Waals surface area (Å²) in [4.78, 5) is 17.8. The lowest BCUT2D eigenvalue weighted by atomic mass is 9.95. The minimum atomic E-state index is 0.182. The van der Waals surface area contributed by atoms with Crippen LogP contribution in [-0.4, -0.2) is 73.0 Å². The first kappa shape index (κ1) is 25.1. The summed E-state index contributed by atoms with van der Waals surface area (Å²) in [6.45, 7) is 10.5. The Morgan fingerprint density at radius 1 is 0.897 bits per heavy atom. The van der Waals surface area contributed by atoms with Crippen molar-refractivity contribution in [2.45, 2.75) is 64.0 Å². The lowest BCUT2D eigenvalue weighted by Gasteiger charge is -2.35. The molecule has 3 aromatic rings. The summed E-state index contributed by atoms with van der Waals surface area (Å²) in [5.41, 5.74) is 5.31. The monoisotopic (exact) mass is 527 g/mol. The predicted octanol–water partition coefficient (Wildman–Crippen LogP) is 4.99. The zero-order chi connectivity index (χ0) is 26.2. The molecule has 7 heteroatoms. The molecule has 0 atom stereocenters. The highest BCUT2D eigenvalue weighted by molar-refractivity contribution is 5.97. The van der Waals surface area contributed by atoms with Crippen molar-refractivity contribution >= 4 is 22.3 Å². The minimum absolute atomic E-state index is 0.182. The SMILES string of the molecule is CCc1cccc2cccc(N3CCc4c(nc(OCC56CCCN5CCC6)nc4N4CCCOCC4)C3)c12. The molecular formula is C32H41N5O2. The summed E-state index contributed by atoms with van der Waals surface area (Å²) in [6.07, 6.45) is 7.98. The van der Waals surface area contributed by atoms with E-state index in [1.54, 1.807) is 0 Å². The number of anilines is 2. The fourth-order valence-corrected chi connectivity index (χ4v) is 7.49. The van der Waals surface area contributed by atoms with Gasteiger partial charge in [0.05, 0.1) is 24.4 Å². The highest BCUT2D eigenvalue weighted by atomic mass is 16.5. The van der Waals surface area contributed by atoms with Gasteiger partial charge in [0.2, 0.25) is 0 Å².